The van der Waals surface area contributed by atoms with E-state index in [1.165, 1.54) is 21.3 Å². The number of carbonyl (C=O) groups is 2. The fourth-order valence-electron chi connectivity index (χ4n) is 2.40. The van der Waals surface area contributed by atoms with Crippen LogP contribution in [0.5, 0.6) is 17.2 Å². The van der Waals surface area contributed by atoms with Gasteiger partial charge >= 0.3 is 0 Å². The summed E-state index contributed by atoms with van der Waals surface area (Å²) in [6, 6.07) is 10.2. The lowest BCUT2D eigenvalue weighted by Crippen LogP contribution is -2.19. The average Bonchev–Trinajstić information content (AvgIpc) is 2.67. The molecule has 0 bridgehead atoms. The summed E-state index contributed by atoms with van der Waals surface area (Å²) >= 11 is 0. The van der Waals surface area contributed by atoms with Gasteiger partial charge in [0.05, 0.1) is 27.8 Å². The van der Waals surface area contributed by atoms with Gasteiger partial charge in [-0.1, -0.05) is 12.1 Å². The predicted molar refractivity (Wildman–Crippen MR) is 98.3 cm³/mol. The Labute approximate surface area is 152 Å². The van der Waals surface area contributed by atoms with Gasteiger partial charge < -0.3 is 24.8 Å². The van der Waals surface area contributed by atoms with E-state index in [2.05, 4.69) is 10.6 Å². The molecule has 0 aliphatic carbocycles. The summed E-state index contributed by atoms with van der Waals surface area (Å²) in [6.07, 6.45) is 0.289. The number of nitrogens with one attached hydrogen (secondary N) is 2. The maximum absolute atomic E-state index is 12.5. The normalized spacial score (nSPS) is 10.0. The zero-order valence-corrected chi connectivity index (χ0v) is 15.2. The highest BCUT2D eigenvalue weighted by Gasteiger charge is 2.17. The van der Waals surface area contributed by atoms with E-state index >= 15 is 0 Å². The molecule has 0 atom stereocenters. The molecule has 138 valence electrons. The number of hydrogen-bond acceptors (Lipinski definition) is 5. The van der Waals surface area contributed by atoms with Crippen LogP contribution in [0.1, 0.15) is 15.9 Å². The molecule has 0 aromatic heterocycles. The quantitative estimate of drug-likeness (QED) is 0.793. The van der Waals surface area contributed by atoms with Crippen LogP contribution in [0.2, 0.25) is 0 Å². The highest BCUT2D eigenvalue weighted by molar-refractivity contribution is 6.05. The standard InChI is InChI=1S/C19H22N2O5/c1-20-17(22)9-12-5-7-14(8-6-12)21-19(23)13-10-15(24-2)18(26-4)16(11-13)25-3/h5-8,10-11H,9H2,1-4H3,(H,20,22)(H,21,23). The molecule has 0 radical (unpaired) electrons. The summed E-state index contributed by atoms with van der Waals surface area (Å²) in [5, 5.41) is 5.37. The summed E-state index contributed by atoms with van der Waals surface area (Å²) in [4.78, 5) is 23.9. The highest BCUT2D eigenvalue weighted by atomic mass is 16.5. The van der Waals surface area contributed by atoms with Crippen molar-refractivity contribution in [1.29, 1.82) is 0 Å². The second kappa shape index (κ2) is 8.75. The number of hydrogen-bond donors (Lipinski definition) is 2. The first-order valence-electron chi connectivity index (χ1n) is 7.93. The summed E-state index contributed by atoms with van der Waals surface area (Å²) in [7, 11) is 6.07. The van der Waals surface area contributed by atoms with Gasteiger partial charge in [0, 0.05) is 18.3 Å². The maximum Gasteiger partial charge on any atom is 0.255 e. The highest BCUT2D eigenvalue weighted by Crippen LogP contribution is 2.38. The molecule has 7 heteroatoms. The van der Waals surface area contributed by atoms with Gasteiger partial charge in [0.15, 0.2) is 11.5 Å². The van der Waals surface area contributed by atoms with Crippen LogP contribution in [0.25, 0.3) is 0 Å². The molecule has 2 amide bonds. The van der Waals surface area contributed by atoms with Crippen molar-refractivity contribution in [3.8, 4) is 17.2 Å². The number of rotatable bonds is 7. The van der Waals surface area contributed by atoms with E-state index in [9.17, 15) is 9.59 Å². The zero-order valence-electron chi connectivity index (χ0n) is 15.2. The Hall–Kier alpha value is -3.22. The van der Waals surface area contributed by atoms with Crippen LogP contribution >= 0.6 is 0 Å². The molecule has 2 aromatic rings. The van der Waals surface area contributed by atoms with Gasteiger partial charge in [-0.2, -0.15) is 0 Å². The molecule has 2 rings (SSSR count). The van der Waals surface area contributed by atoms with Gasteiger partial charge in [-0.3, -0.25) is 9.59 Å². The second-order valence-corrected chi connectivity index (χ2v) is 5.42. The van der Waals surface area contributed by atoms with Crippen molar-refractivity contribution in [2.75, 3.05) is 33.7 Å². The number of anilines is 1. The molecule has 0 aliphatic rings. The lowest BCUT2D eigenvalue weighted by Gasteiger charge is -2.14. The van der Waals surface area contributed by atoms with Gasteiger partial charge in [0.25, 0.3) is 5.91 Å². The van der Waals surface area contributed by atoms with E-state index in [-0.39, 0.29) is 18.2 Å². The van der Waals surface area contributed by atoms with Gasteiger partial charge in [-0.05, 0) is 29.8 Å². The Balaban J connectivity index is 2.18. The Morgan fingerprint density at radius 2 is 1.50 bits per heavy atom. The molecule has 2 aromatic carbocycles. The van der Waals surface area contributed by atoms with E-state index in [0.717, 1.165) is 5.56 Å². The van der Waals surface area contributed by atoms with Crippen LogP contribution in [0.15, 0.2) is 36.4 Å². The number of carbonyl (C=O) groups excluding carboxylic acids is 2. The van der Waals surface area contributed by atoms with Crippen molar-refractivity contribution in [3.05, 3.63) is 47.5 Å². The van der Waals surface area contributed by atoms with E-state index in [1.807, 2.05) is 0 Å². The molecule has 0 heterocycles. The minimum atomic E-state index is -0.316. The monoisotopic (exact) mass is 358 g/mol. The Morgan fingerprint density at radius 1 is 0.923 bits per heavy atom. The van der Waals surface area contributed by atoms with E-state index in [4.69, 9.17) is 14.2 Å². The van der Waals surface area contributed by atoms with Crippen molar-refractivity contribution in [1.82, 2.24) is 5.32 Å². The fraction of sp³-hybridized carbons (Fsp3) is 0.263. The molecule has 0 spiro atoms. The fourth-order valence-corrected chi connectivity index (χ4v) is 2.40. The summed E-state index contributed by atoms with van der Waals surface area (Å²) in [5.74, 6) is 0.837. The lowest BCUT2D eigenvalue weighted by atomic mass is 10.1. The SMILES string of the molecule is CNC(=O)Cc1ccc(NC(=O)c2cc(OC)c(OC)c(OC)c2)cc1. The van der Waals surface area contributed by atoms with Gasteiger partial charge in [0.1, 0.15) is 0 Å². The minimum absolute atomic E-state index is 0.0702. The Kier molecular flexibility index (Phi) is 6.43. The number of likely N-dealkylation sites (N-methyl/N-ethyl adjacent to an activating group) is 1. The number of methoxy groups -OCH3 is 3. The average molecular weight is 358 g/mol. The van der Waals surface area contributed by atoms with Crippen LogP contribution in [0.4, 0.5) is 5.69 Å². The van der Waals surface area contributed by atoms with Crippen molar-refractivity contribution < 1.29 is 23.8 Å². The number of ether oxygens (including phenoxy) is 3. The van der Waals surface area contributed by atoms with Crippen molar-refractivity contribution in [2.45, 2.75) is 6.42 Å². The minimum Gasteiger partial charge on any atom is -0.493 e. The third kappa shape index (κ3) is 4.44. The molecule has 0 saturated carbocycles. The van der Waals surface area contributed by atoms with Crippen molar-refractivity contribution in [3.63, 3.8) is 0 Å². The van der Waals surface area contributed by atoms with E-state index in [1.54, 1.807) is 43.4 Å². The van der Waals surface area contributed by atoms with Crippen LogP contribution in [-0.4, -0.2) is 40.2 Å². The van der Waals surface area contributed by atoms with Crippen LogP contribution in [-0.2, 0) is 11.2 Å². The first-order valence-corrected chi connectivity index (χ1v) is 7.93. The van der Waals surface area contributed by atoms with Crippen molar-refractivity contribution in [2.24, 2.45) is 0 Å². The molecular formula is C19H22N2O5. The van der Waals surface area contributed by atoms with E-state index < -0.39 is 0 Å². The number of amides is 2. The van der Waals surface area contributed by atoms with Crippen molar-refractivity contribution >= 4 is 17.5 Å². The molecule has 26 heavy (non-hydrogen) atoms. The molecular weight excluding hydrogens is 336 g/mol. The molecule has 2 N–H and O–H groups in total. The van der Waals surface area contributed by atoms with E-state index in [0.29, 0.717) is 28.5 Å². The largest absolute Gasteiger partial charge is 0.493 e. The smallest absolute Gasteiger partial charge is 0.255 e. The molecule has 0 fully saturated rings. The third-order valence-electron chi connectivity index (χ3n) is 3.78. The summed E-state index contributed by atoms with van der Waals surface area (Å²) in [5.41, 5.74) is 1.84. The topological polar surface area (TPSA) is 85.9 Å². The predicted octanol–water partition coefficient (Wildman–Crippen LogP) is 2.25. The van der Waals surface area contributed by atoms with Crippen LogP contribution in [0, 0.1) is 0 Å². The zero-order chi connectivity index (χ0) is 19.1. The second-order valence-electron chi connectivity index (χ2n) is 5.42. The van der Waals surface area contributed by atoms with Crippen LogP contribution in [0.3, 0.4) is 0 Å². The first kappa shape index (κ1) is 19.1. The molecule has 0 saturated heterocycles. The Morgan fingerprint density at radius 3 is 1.96 bits per heavy atom. The lowest BCUT2D eigenvalue weighted by molar-refractivity contribution is -0.119. The number of benzene rings is 2. The molecule has 0 aliphatic heterocycles. The maximum atomic E-state index is 12.5. The van der Waals surface area contributed by atoms with Crippen LogP contribution < -0.4 is 24.8 Å². The molecule has 0 unspecified atom stereocenters. The van der Waals surface area contributed by atoms with Gasteiger partial charge in [-0.15, -0.1) is 0 Å². The molecule has 7 nitrogen and oxygen atoms in total. The first-order chi connectivity index (χ1) is 12.5. The van der Waals surface area contributed by atoms with Gasteiger partial charge in [0.2, 0.25) is 11.7 Å². The Bertz CT molecular complexity index is 762. The third-order valence-corrected chi connectivity index (χ3v) is 3.78. The van der Waals surface area contributed by atoms with Gasteiger partial charge in [-0.25, -0.2) is 0 Å². The summed E-state index contributed by atoms with van der Waals surface area (Å²) < 4.78 is 15.8. The summed E-state index contributed by atoms with van der Waals surface area (Å²) in [6.45, 7) is 0.